The highest BCUT2D eigenvalue weighted by Crippen LogP contribution is 2.23. The molecule has 5 heteroatoms. The molecule has 1 heterocycles. The Hall–Kier alpha value is -2.14. The van der Waals surface area contributed by atoms with E-state index in [4.69, 9.17) is 4.74 Å². The fourth-order valence-corrected chi connectivity index (χ4v) is 1.98. The summed E-state index contributed by atoms with van der Waals surface area (Å²) in [6.07, 6.45) is 2.55. The van der Waals surface area contributed by atoms with E-state index in [0.717, 1.165) is 23.7 Å². The number of benzene rings is 1. The van der Waals surface area contributed by atoms with E-state index < -0.39 is 0 Å². The Morgan fingerprint density at radius 3 is 2.71 bits per heavy atom. The summed E-state index contributed by atoms with van der Waals surface area (Å²) in [5, 5.41) is 11.7. The summed E-state index contributed by atoms with van der Waals surface area (Å²) in [6, 6.07) is 12.4. The van der Waals surface area contributed by atoms with Gasteiger partial charge in [-0.25, -0.2) is 0 Å². The summed E-state index contributed by atoms with van der Waals surface area (Å²) >= 11 is 0. The third-order valence-electron chi connectivity index (χ3n) is 3.40. The van der Waals surface area contributed by atoms with Crippen LogP contribution in [0.15, 0.2) is 36.4 Å². The molecule has 0 unspecified atom stereocenters. The third-order valence-corrected chi connectivity index (χ3v) is 3.40. The zero-order valence-electron chi connectivity index (χ0n) is 12.4. The summed E-state index contributed by atoms with van der Waals surface area (Å²) in [5.41, 5.74) is 2.03. The molecule has 1 fully saturated rings. The monoisotopic (exact) mass is 284 g/mol. The average Bonchev–Trinajstić information content (AvgIpc) is 3.31. The van der Waals surface area contributed by atoms with Gasteiger partial charge in [-0.1, -0.05) is 6.07 Å². The second-order valence-electron chi connectivity index (χ2n) is 5.51. The van der Waals surface area contributed by atoms with Crippen LogP contribution in [0.2, 0.25) is 0 Å². The van der Waals surface area contributed by atoms with Crippen LogP contribution in [-0.2, 0) is 6.54 Å². The van der Waals surface area contributed by atoms with E-state index in [2.05, 4.69) is 15.5 Å². The molecular formula is C16H20N4O. The Kier molecular flexibility index (Phi) is 4.01. The van der Waals surface area contributed by atoms with E-state index >= 15 is 0 Å². The molecule has 1 aliphatic rings. The van der Waals surface area contributed by atoms with Crippen LogP contribution in [0.5, 0.6) is 11.6 Å². The molecule has 1 aromatic heterocycles. The lowest BCUT2D eigenvalue weighted by molar-refractivity contribution is 0.453. The first kappa shape index (κ1) is 13.8. The first-order chi connectivity index (χ1) is 10.2. The minimum atomic E-state index is 0.515. The van der Waals surface area contributed by atoms with Gasteiger partial charge in [-0.2, -0.15) is 5.10 Å². The van der Waals surface area contributed by atoms with Gasteiger partial charge in [0.25, 0.3) is 0 Å². The van der Waals surface area contributed by atoms with E-state index in [1.807, 2.05) is 55.4 Å². The highest BCUT2D eigenvalue weighted by atomic mass is 16.5. The van der Waals surface area contributed by atoms with E-state index in [1.54, 1.807) is 0 Å². The van der Waals surface area contributed by atoms with Crippen LogP contribution in [0.1, 0.15) is 18.5 Å². The van der Waals surface area contributed by atoms with Crippen molar-refractivity contribution >= 4 is 5.69 Å². The van der Waals surface area contributed by atoms with Crippen molar-refractivity contribution in [3.8, 4) is 11.6 Å². The smallest absolute Gasteiger partial charge is 0.238 e. The number of aromatic nitrogens is 2. The molecule has 110 valence electrons. The zero-order valence-corrected chi connectivity index (χ0v) is 12.4. The van der Waals surface area contributed by atoms with Gasteiger partial charge in [-0.05, 0) is 31.0 Å². The highest BCUT2D eigenvalue weighted by molar-refractivity contribution is 5.49. The predicted octanol–water partition coefficient (Wildman–Crippen LogP) is 2.59. The normalized spacial score (nSPS) is 14.0. The van der Waals surface area contributed by atoms with Crippen molar-refractivity contribution in [3.63, 3.8) is 0 Å². The fourth-order valence-electron chi connectivity index (χ4n) is 1.98. The maximum Gasteiger partial charge on any atom is 0.238 e. The SMILES string of the molecule is CN(C)c1cccc(Oc2ccc(CNC3CC3)nn2)c1. The number of rotatable bonds is 6. The molecule has 0 bridgehead atoms. The van der Waals surface area contributed by atoms with E-state index in [9.17, 15) is 0 Å². The predicted molar refractivity (Wildman–Crippen MR) is 82.7 cm³/mol. The van der Waals surface area contributed by atoms with Crippen molar-refractivity contribution in [1.29, 1.82) is 0 Å². The van der Waals surface area contributed by atoms with E-state index in [1.165, 1.54) is 12.8 Å². The van der Waals surface area contributed by atoms with Gasteiger partial charge in [0, 0.05) is 44.5 Å². The van der Waals surface area contributed by atoms with Gasteiger partial charge in [0.1, 0.15) is 5.75 Å². The second kappa shape index (κ2) is 6.10. The van der Waals surface area contributed by atoms with Crippen molar-refractivity contribution in [1.82, 2.24) is 15.5 Å². The molecule has 0 spiro atoms. The van der Waals surface area contributed by atoms with Gasteiger partial charge in [-0.3, -0.25) is 0 Å². The molecule has 0 saturated heterocycles. The van der Waals surface area contributed by atoms with Gasteiger partial charge in [0.2, 0.25) is 5.88 Å². The Morgan fingerprint density at radius 1 is 1.19 bits per heavy atom. The van der Waals surface area contributed by atoms with Crippen molar-refractivity contribution in [3.05, 3.63) is 42.1 Å². The number of hydrogen-bond acceptors (Lipinski definition) is 5. The molecule has 0 radical (unpaired) electrons. The maximum absolute atomic E-state index is 5.74. The molecule has 21 heavy (non-hydrogen) atoms. The van der Waals surface area contributed by atoms with Gasteiger partial charge >= 0.3 is 0 Å². The molecule has 0 aliphatic heterocycles. The molecule has 2 aromatic rings. The molecule has 0 amide bonds. The lowest BCUT2D eigenvalue weighted by Crippen LogP contribution is -2.16. The third kappa shape index (κ3) is 3.92. The first-order valence-electron chi connectivity index (χ1n) is 7.22. The summed E-state index contributed by atoms with van der Waals surface area (Å²) in [7, 11) is 4.00. The van der Waals surface area contributed by atoms with Crippen LogP contribution in [0.4, 0.5) is 5.69 Å². The maximum atomic E-state index is 5.74. The van der Waals surface area contributed by atoms with Crippen molar-refractivity contribution in [2.75, 3.05) is 19.0 Å². The number of ether oxygens (including phenoxy) is 1. The van der Waals surface area contributed by atoms with Crippen LogP contribution in [0.25, 0.3) is 0 Å². The first-order valence-corrected chi connectivity index (χ1v) is 7.22. The van der Waals surface area contributed by atoms with Crippen LogP contribution in [0.3, 0.4) is 0 Å². The zero-order chi connectivity index (χ0) is 14.7. The van der Waals surface area contributed by atoms with Crippen molar-refractivity contribution in [2.45, 2.75) is 25.4 Å². The highest BCUT2D eigenvalue weighted by Gasteiger charge is 2.20. The molecule has 1 aromatic carbocycles. The Balaban J connectivity index is 1.62. The summed E-state index contributed by atoms with van der Waals surface area (Å²) in [6.45, 7) is 0.772. The van der Waals surface area contributed by atoms with E-state index in [-0.39, 0.29) is 0 Å². The Bertz CT molecular complexity index is 593. The van der Waals surface area contributed by atoms with Gasteiger partial charge in [-0.15, -0.1) is 5.10 Å². The van der Waals surface area contributed by atoms with E-state index in [0.29, 0.717) is 11.9 Å². The molecular weight excluding hydrogens is 264 g/mol. The lowest BCUT2D eigenvalue weighted by atomic mass is 10.3. The van der Waals surface area contributed by atoms with Crippen LogP contribution < -0.4 is 15.0 Å². The van der Waals surface area contributed by atoms with Gasteiger partial charge in [0.05, 0.1) is 5.69 Å². The number of nitrogens with one attached hydrogen (secondary N) is 1. The summed E-state index contributed by atoms with van der Waals surface area (Å²) in [5.74, 6) is 1.28. The number of nitrogens with zero attached hydrogens (tertiary/aromatic N) is 3. The van der Waals surface area contributed by atoms with Crippen LogP contribution in [-0.4, -0.2) is 30.3 Å². The van der Waals surface area contributed by atoms with Crippen molar-refractivity contribution in [2.24, 2.45) is 0 Å². The molecule has 5 nitrogen and oxygen atoms in total. The van der Waals surface area contributed by atoms with Crippen LogP contribution >= 0.6 is 0 Å². The van der Waals surface area contributed by atoms with Gasteiger partial charge < -0.3 is 15.0 Å². The standard InChI is InChI=1S/C16H20N4O/c1-20(2)14-4-3-5-15(10-14)21-16-9-8-13(18-19-16)11-17-12-6-7-12/h3-5,8-10,12,17H,6-7,11H2,1-2H3. The summed E-state index contributed by atoms with van der Waals surface area (Å²) < 4.78 is 5.74. The fraction of sp³-hybridized carbons (Fsp3) is 0.375. The second-order valence-corrected chi connectivity index (χ2v) is 5.51. The molecule has 0 atom stereocenters. The lowest BCUT2D eigenvalue weighted by Gasteiger charge is -2.13. The van der Waals surface area contributed by atoms with Crippen LogP contribution in [0, 0.1) is 0 Å². The topological polar surface area (TPSA) is 50.3 Å². The molecule has 1 saturated carbocycles. The quantitative estimate of drug-likeness (QED) is 0.883. The molecule has 1 N–H and O–H groups in total. The molecule has 3 rings (SSSR count). The average molecular weight is 284 g/mol. The molecule has 1 aliphatic carbocycles. The number of hydrogen-bond donors (Lipinski definition) is 1. The Labute approximate surface area is 125 Å². The minimum absolute atomic E-state index is 0.515. The number of anilines is 1. The van der Waals surface area contributed by atoms with Gasteiger partial charge in [0.15, 0.2) is 0 Å². The Morgan fingerprint density at radius 2 is 2.05 bits per heavy atom. The summed E-state index contributed by atoms with van der Waals surface area (Å²) in [4.78, 5) is 2.03. The minimum Gasteiger partial charge on any atom is -0.437 e. The van der Waals surface area contributed by atoms with Crippen molar-refractivity contribution < 1.29 is 4.74 Å². The largest absolute Gasteiger partial charge is 0.437 e.